The molecule has 35 heavy (non-hydrogen) atoms. The highest BCUT2D eigenvalue weighted by Crippen LogP contribution is 2.36. The van der Waals surface area contributed by atoms with Crippen LogP contribution in [0.1, 0.15) is 85.2 Å². The molecule has 1 N–H and O–H groups in total. The number of carbonyl (C=O) groups is 2. The number of furan rings is 1. The van der Waals surface area contributed by atoms with Crippen molar-refractivity contribution in [3.63, 3.8) is 0 Å². The quantitative estimate of drug-likeness (QED) is 0.455. The van der Waals surface area contributed by atoms with Gasteiger partial charge in [0.1, 0.15) is 5.76 Å². The predicted molar refractivity (Wildman–Crippen MR) is 136 cm³/mol. The summed E-state index contributed by atoms with van der Waals surface area (Å²) in [7, 11) is 0. The van der Waals surface area contributed by atoms with Crippen molar-refractivity contribution in [3.05, 3.63) is 65.2 Å². The fourth-order valence-electron chi connectivity index (χ4n) is 5.33. The van der Waals surface area contributed by atoms with Gasteiger partial charge in [0.2, 0.25) is 0 Å². The average molecular weight is 473 g/mol. The number of hydrogen-bond donors (Lipinski definition) is 1. The van der Waals surface area contributed by atoms with E-state index in [1.54, 1.807) is 6.26 Å². The highest BCUT2D eigenvalue weighted by Gasteiger charge is 2.27. The molecular formula is C29H32N2O4. The Morgan fingerprint density at radius 1 is 1.00 bits per heavy atom. The summed E-state index contributed by atoms with van der Waals surface area (Å²) in [6, 6.07) is 11.6. The van der Waals surface area contributed by atoms with Crippen LogP contribution in [-0.4, -0.2) is 29.5 Å². The number of hydrogen-bond acceptors (Lipinski definition) is 5. The number of allylic oxidation sites excluding steroid dienone is 1. The number of carbonyl (C=O) groups excluding carboxylic acids is 2. The van der Waals surface area contributed by atoms with Crippen molar-refractivity contribution >= 4 is 34.4 Å². The number of benzene rings is 1. The largest absolute Gasteiger partial charge is 0.465 e. The van der Waals surface area contributed by atoms with Gasteiger partial charge in [0.15, 0.2) is 6.61 Å². The molecule has 1 saturated carbocycles. The second-order valence-electron chi connectivity index (χ2n) is 9.56. The first kappa shape index (κ1) is 23.3. The van der Waals surface area contributed by atoms with E-state index < -0.39 is 5.97 Å². The predicted octanol–water partition coefficient (Wildman–Crippen LogP) is 6.09. The van der Waals surface area contributed by atoms with Crippen LogP contribution in [0.25, 0.3) is 22.6 Å². The molecule has 2 aliphatic carbocycles. The Labute approximate surface area is 205 Å². The summed E-state index contributed by atoms with van der Waals surface area (Å²) in [6.07, 6.45) is 14.1. The van der Waals surface area contributed by atoms with Crippen LogP contribution in [-0.2, 0) is 16.0 Å². The zero-order chi connectivity index (χ0) is 24.0. The second kappa shape index (κ2) is 10.9. The SMILES string of the molecule is O=C(COC(=O)c1c2c(nc3ccccc13)C(=Cc1ccco1)CCC2)NC1CCCCCCC1. The molecule has 0 aliphatic heterocycles. The normalized spacial score (nSPS) is 18.0. The van der Waals surface area contributed by atoms with Crippen LogP contribution in [0.3, 0.4) is 0 Å². The van der Waals surface area contributed by atoms with Gasteiger partial charge in [-0.05, 0) is 67.5 Å². The number of pyridine rings is 1. The van der Waals surface area contributed by atoms with Crippen molar-refractivity contribution in [2.75, 3.05) is 6.61 Å². The van der Waals surface area contributed by atoms with E-state index in [4.69, 9.17) is 14.1 Å². The van der Waals surface area contributed by atoms with Crippen LogP contribution in [0.5, 0.6) is 0 Å². The minimum absolute atomic E-state index is 0.172. The fourth-order valence-corrected chi connectivity index (χ4v) is 5.33. The Bertz CT molecular complexity index is 1220. The molecule has 2 aromatic heterocycles. The van der Waals surface area contributed by atoms with Crippen molar-refractivity contribution in [2.24, 2.45) is 0 Å². The molecule has 1 amide bonds. The third-order valence-corrected chi connectivity index (χ3v) is 7.04. The van der Waals surface area contributed by atoms with Crippen LogP contribution in [0.2, 0.25) is 0 Å². The number of rotatable bonds is 5. The molecule has 0 atom stereocenters. The zero-order valence-corrected chi connectivity index (χ0v) is 20.1. The van der Waals surface area contributed by atoms with Crippen molar-refractivity contribution in [3.8, 4) is 0 Å². The van der Waals surface area contributed by atoms with Crippen LogP contribution >= 0.6 is 0 Å². The Hall–Kier alpha value is -3.41. The Balaban J connectivity index is 1.38. The summed E-state index contributed by atoms with van der Waals surface area (Å²) < 4.78 is 11.1. The number of nitrogens with one attached hydrogen (secondary N) is 1. The van der Waals surface area contributed by atoms with E-state index in [0.29, 0.717) is 5.56 Å². The lowest BCUT2D eigenvalue weighted by atomic mass is 9.86. The van der Waals surface area contributed by atoms with Gasteiger partial charge in [-0.15, -0.1) is 0 Å². The molecular weight excluding hydrogens is 440 g/mol. The lowest BCUT2D eigenvalue weighted by Gasteiger charge is -2.23. The third kappa shape index (κ3) is 5.47. The number of esters is 1. The molecule has 0 radical (unpaired) electrons. The van der Waals surface area contributed by atoms with Crippen LogP contribution in [0, 0.1) is 0 Å². The molecule has 3 aromatic rings. The fraction of sp³-hybridized carbons (Fsp3) is 0.414. The average Bonchev–Trinajstić information content (AvgIpc) is 3.36. The van der Waals surface area contributed by atoms with Gasteiger partial charge in [-0.3, -0.25) is 4.79 Å². The maximum Gasteiger partial charge on any atom is 0.339 e. The monoisotopic (exact) mass is 472 g/mol. The van der Waals surface area contributed by atoms with Gasteiger partial charge in [-0.1, -0.05) is 50.3 Å². The Morgan fingerprint density at radius 3 is 2.60 bits per heavy atom. The lowest BCUT2D eigenvalue weighted by molar-refractivity contribution is -0.125. The summed E-state index contributed by atoms with van der Waals surface area (Å²) in [4.78, 5) is 30.9. The first-order chi connectivity index (χ1) is 17.2. The number of amides is 1. The van der Waals surface area contributed by atoms with E-state index in [2.05, 4.69) is 5.32 Å². The van der Waals surface area contributed by atoms with E-state index in [1.807, 2.05) is 42.5 Å². The van der Waals surface area contributed by atoms with Crippen molar-refractivity contribution in [1.82, 2.24) is 10.3 Å². The number of aromatic nitrogens is 1. The van der Waals surface area contributed by atoms with Gasteiger partial charge >= 0.3 is 5.97 Å². The van der Waals surface area contributed by atoms with E-state index >= 15 is 0 Å². The van der Waals surface area contributed by atoms with Gasteiger partial charge < -0.3 is 14.5 Å². The van der Waals surface area contributed by atoms with Gasteiger partial charge in [-0.25, -0.2) is 9.78 Å². The molecule has 2 aliphatic rings. The Morgan fingerprint density at radius 2 is 1.80 bits per heavy atom. The summed E-state index contributed by atoms with van der Waals surface area (Å²) in [5.41, 5.74) is 4.01. The van der Waals surface area contributed by atoms with Crippen molar-refractivity contribution in [2.45, 2.75) is 70.3 Å². The Kier molecular flexibility index (Phi) is 7.26. The molecule has 1 aromatic carbocycles. The standard InChI is InChI=1S/C29H32N2O4/c32-26(30-21-11-4-2-1-3-5-12-21)19-35-29(33)27-23-14-6-7-16-25(23)31-28-20(10-8-15-24(27)28)18-22-13-9-17-34-22/h6-7,9,13-14,16-18,21H,1-5,8,10-12,15,19H2,(H,30,32). The number of fused-ring (bicyclic) bond motifs is 2. The molecule has 5 rings (SSSR count). The number of para-hydroxylation sites is 1. The molecule has 0 bridgehead atoms. The minimum atomic E-state index is -0.466. The zero-order valence-electron chi connectivity index (χ0n) is 20.1. The van der Waals surface area contributed by atoms with Crippen LogP contribution < -0.4 is 5.32 Å². The van der Waals surface area contributed by atoms with Gasteiger partial charge in [0.25, 0.3) is 5.91 Å². The van der Waals surface area contributed by atoms with E-state index in [0.717, 1.165) is 78.4 Å². The molecule has 6 nitrogen and oxygen atoms in total. The van der Waals surface area contributed by atoms with Crippen molar-refractivity contribution in [1.29, 1.82) is 0 Å². The smallest absolute Gasteiger partial charge is 0.339 e. The maximum absolute atomic E-state index is 13.4. The van der Waals surface area contributed by atoms with Crippen LogP contribution in [0.15, 0.2) is 47.1 Å². The van der Waals surface area contributed by atoms with E-state index in [1.165, 1.54) is 19.3 Å². The van der Waals surface area contributed by atoms with Gasteiger partial charge in [0, 0.05) is 11.4 Å². The summed E-state index contributed by atoms with van der Waals surface area (Å²) in [6.45, 7) is -0.268. The lowest BCUT2D eigenvalue weighted by Crippen LogP contribution is -2.38. The molecule has 0 unspecified atom stereocenters. The second-order valence-corrected chi connectivity index (χ2v) is 9.56. The van der Waals surface area contributed by atoms with Gasteiger partial charge in [0.05, 0.1) is 23.0 Å². The minimum Gasteiger partial charge on any atom is -0.465 e. The summed E-state index contributed by atoms with van der Waals surface area (Å²) >= 11 is 0. The highest BCUT2D eigenvalue weighted by atomic mass is 16.5. The molecule has 2 heterocycles. The van der Waals surface area contributed by atoms with Crippen molar-refractivity contribution < 1.29 is 18.7 Å². The van der Waals surface area contributed by atoms with E-state index in [9.17, 15) is 9.59 Å². The van der Waals surface area contributed by atoms with Gasteiger partial charge in [-0.2, -0.15) is 0 Å². The molecule has 1 fully saturated rings. The first-order valence-electron chi connectivity index (χ1n) is 12.8. The topological polar surface area (TPSA) is 81.4 Å². The highest BCUT2D eigenvalue weighted by molar-refractivity contribution is 6.07. The molecule has 0 saturated heterocycles. The third-order valence-electron chi connectivity index (χ3n) is 7.04. The number of ether oxygens (including phenoxy) is 1. The molecule has 0 spiro atoms. The molecule has 182 valence electrons. The maximum atomic E-state index is 13.4. The van der Waals surface area contributed by atoms with E-state index in [-0.39, 0.29) is 18.6 Å². The first-order valence-corrected chi connectivity index (χ1v) is 12.8. The summed E-state index contributed by atoms with van der Waals surface area (Å²) in [5, 5.41) is 3.84. The van der Waals surface area contributed by atoms with Crippen LogP contribution in [0.4, 0.5) is 0 Å². The summed E-state index contributed by atoms with van der Waals surface area (Å²) in [5.74, 6) is 0.0688. The molecule has 6 heteroatoms. The number of nitrogens with zero attached hydrogens (tertiary/aromatic N) is 1.